The summed E-state index contributed by atoms with van der Waals surface area (Å²) < 4.78 is 5.29. The third kappa shape index (κ3) is 8.25. The quantitative estimate of drug-likeness (QED) is 0.371. The minimum Gasteiger partial charge on any atom is -0.496 e. The lowest BCUT2D eigenvalue weighted by atomic mass is 10.1. The average molecular weight is 392 g/mol. The number of carbonyl (C=O) groups is 1. The zero-order valence-corrected chi connectivity index (χ0v) is 18.4. The number of nitrogens with one attached hydrogen (secondary N) is 1. The molecule has 0 aliphatic rings. The number of nitrogens with zero attached hydrogens (tertiary/aromatic N) is 1. The molecule has 1 aromatic carbocycles. The molecule has 0 radical (unpaired) electrons. The molecule has 1 atom stereocenters. The molecular weight excluding hydrogens is 354 g/mol. The molecule has 1 rings (SSSR count). The second kappa shape index (κ2) is 13.1. The summed E-state index contributed by atoms with van der Waals surface area (Å²) in [5, 5.41) is 1.72. The third-order valence-electron chi connectivity index (χ3n) is 4.09. The van der Waals surface area contributed by atoms with Crippen LogP contribution in [0.2, 0.25) is 0 Å². The van der Waals surface area contributed by atoms with Crippen molar-refractivity contribution in [3.63, 3.8) is 0 Å². The highest BCUT2D eigenvalue weighted by molar-refractivity contribution is 5.95. The Balaban J connectivity index is 0.00000227. The minimum atomic E-state index is -0.850. The van der Waals surface area contributed by atoms with Crippen molar-refractivity contribution in [2.24, 2.45) is 11.8 Å². The van der Waals surface area contributed by atoms with E-state index in [1.807, 2.05) is 33.8 Å². The molecule has 0 heterocycles. The first kappa shape index (κ1) is 25.9. The van der Waals surface area contributed by atoms with Gasteiger partial charge in [-0.1, -0.05) is 38.1 Å². The van der Waals surface area contributed by atoms with E-state index in [0.29, 0.717) is 17.9 Å². The summed E-state index contributed by atoms with van der Waals surface area (Å²) in [6.45, 7) is 15.4. The van der Waals surface area contributed by atoms with Crippen LogP contribution in [0.1, 0.15) is 57.0 Å². The number of nitrogens with two attached hydrogens (primary N) is 1. The number of ether oxygens (including phenoxy) is 1. The number of allylic oxidation sites excluding steroid dienone is 2. The number of amides is 1. The van der Waals surface area contributed by atoms with Gasteiger partial charge in [0.15, 0.2) is 5.72 Å². The highest BCUT2D eigenvalue weighted by Crippen LogP contribution is 2.22. The lowest BCUT2D eigenvalue weighted by Gasteiger charge is -2.37. The van der Waals surface area contributed by atoms with E-state index in [2.05, 4.69) is 38.0 Å². The fourth-order valence-corrected chi connectivity index (χ4v) is 2.45. The molecule has 0 spiro atoms. The first-order chi connectivity index (χ1) is 13.2. The molecule has 1 amide bonds. The van der Waals surface area contributed by atoms with Crippen LogP contribution in [0.5, 0.6) is 5.75 Å². The molecule has 0 saturated heterocycles. The molecule has 0 aliphatic carbocycles. The summed E-state index contributed by atoms with van der Waals surface area (Å²) in [4.78, 5) is 17.9. The van der Waals surface area contributed by atoms with Gasteiger partial charge in [-0.2, -0.15) is 5.01 Å². The van der Waals surface area contributed by atoms with Gasteiger partial charge in [0.2, 0.25) is 0 Å². The Morgan fingerprint density at radius 3 is 2.54 bits per heavy atom. The molecule has 1 unspecified atom stereocenters. The van der Waals surface area contributed by atoms with E-state index in [1.165, 1.54) is 0 Å². The summed E-state index contributed by atoms with van der Waals surface area (Å²) in [5.74, 6) is 6.11. The summed E-state index contributed by atoms with van der Waals surface area (Å²) in [7, 11) is 1.59. The Hall–Kier alpha value is -2.15. The number of methoxy groups -OCH3 is 1. The number of hydrazine groups is 1. The van der Waals surface area contributed by atoms with E-state index in [1.54, 1.807) is 30.3 Å². The lowest BCUT2D eigenvalue weighted by molar-refractivity contribution is -0.153. The Labute approximate surface area is 170 Å². The second-order valence-electron chi connectivity index (χ2n) is 6.97. The highest BCUT2D eigenvalue weighted by atomic mass is 16.6. The van der Waals surface area contributed by atoms with Gasteiger partial charge in [-0.05, 0) is 52.2 Å². The van der Waals surface area contributed by atoms with Crippen molar-refractivity contribution in [3.8, 4) is 5.75 Å². The maximum Gasteiger partial charge on any atom is 0.266 e. The van der Waals surface area contributed by atoms with Crippen molar-refractivity contribution < 1.29 is 14.4 Å². The van der Waals surface area contributed by atoms with Gasteiger partial charge in [-0.25, -0.2) is 5.90 Å². The van der Waals surface area contributed by atoms with Crippen LogP contribution in [-0.2, 0) is 4.84 Å². The molecule has 28 heavy (non-hydrogen) atoms. The monoisotopic (exact) mass is 391 g/mol. The molecule has 0 aliphatic heterocycles. The van der Waals surface area contributed by atoms with Crippen LogP contribution in [0.15, 0.2) is 43.0 Å². The average Bonchev–Trinajstić information content (AvgIpc) is 2.66. The van der Waals surface area contributed by atoms with Crippen LogP contribution >= 0.6 is 0 Å². The lowest BCUT2D eigenvalue weighted by Crippen LogP contribution is -2.57. The van der Waals surface area contributed by atoms with Crippen molar-refractivity contribution >= 4 is 5.91 Å². The molecule has 0 aromatic heterocycles. The smallest absolute Gasteiger partial charge is 0.266 e. The van der Waals surface area contributed by atoms with Crippen molar-refractivity contribution in [2.75, 3.05) is 13.7 Å². The summed E-state index contributed by atoms with van der Waals surface area (Å²) in [5.41, 5.74) is 3.41. The SMILES string of the molecule is C=CC.CC/C=C\C(C)CN(NC(=O)c1cccc(OC)c1C)C(C)(C)ON. The Morgan fingerprint density at radius 2 is 2.04 bits per heavy atom. The fourth-order valence-electron chi connectivity index (χ4n) is 2.45. The molecular formula is C22H37N3O3. The molecule has 6 nitrogen and oxygen atoms in total. The van der Waals surface area contributed by atoms with Crippen LogP contribution in [0, 0.1) is 12.8 Å². The van der Waals surface area contributed by atoms with E-state index in [0.717, 1.165) is 12.0 Å². The summed E-state index contributed by atoms with van der Waals surface area (Å²) in [6, 6.07) is 5.39. The van der Waals surface area contributed by atoms with Crippen molar-refractivity contribution in [3.05, 3.63) is 54.1 Å². The van der Waals surface area contributed by atoms with Crippen LogP contribution in [0.4, 0.5) is 0 Å². The maximum absolute atomic E-state index is 12.8. The van der Waals surface area contributed by atoms with Crippen LogP contribution in [0.25, 0.3) is 0 Å². The van der Waals surface area contributed by atoms with E-state index in [4.69, 9.17) is 15.5 Å². The first-order valence-electron chi connectivity index (χ1n) is 9.52. The van der Waals surface area contributed by atoms with Crippen LogP contribution < -0.4 is 16.1 Å². The van der Waals surface area contributed by atoms with E-state index in [-0.39, 0.29) is 11.8 Å². The fraction of sp³-hybridized carbons (Fsp3) is 0.500. The van der Waals surface area contributed by atoms with Gasteiger partial charge >= 0.3 is 0 Å². The minimum absolute atomic E-state index is 0.223. The van der Waals surface area contributed by atoms with Gasteiger partial charge in [0, 0.05) is 17.7 Å². The van der Waals surface area contributed by atoms with Gasteiger partial charge in [0.05, 0.1) is 7.11 Å². The first-order valence-corrected chi connectivity index (χ1v) is 9.52. The predicted molar refractivity (Wildman–Crippen MR) is 116 cm³/mol. The topological polar surface area (TPSA) is 76.8 Å². The van der Waals surface area contributed by atoms with Gasteiger partial charge in [0.1, 0.15) is 5.75 Å². The number of hydrogen-bond donors (Lipinski definition) is 2. The second-order valence-corrected chi connectivity index (χ2v) is 6.97. The number of carbonyl (C=O) groups excluding carboxylic acids is 1. The number of rotatable bonds is 9. The van der Waals surface area contributed by atoms with Crippen LogP contribution in [-0.4, -0.2) is 30.3 Å². The van der Waals surface area contributed by atoms with E-state index < -0.39 is 5.72 Å². The molecule has 0 bridgehead atoms. The maximum atomic E-state index is 12.8. The zero-order valence-electron chi connectivity index (χ0n) is 18.4. The van der Waals surface area contributed by atoms with Gasteiger partial charge in [-0.15, -0.1) is 6.58 Å². The Bertz CT molecular complexity index is 642. The molecule has 0 saturated carbocycles. The third-order valence-corrected chi connectivity index (χ3v) is 4.09. The Kier molecular flexibility index (Phi) is 12.1. The normalized spacial score (nSPS) is 12.3. The molecule has 6 heteroatoms. The molecule has 158 valence electrons. The van der Waals surface area contributed by atoms with Gasteiger partial charge in [0.25, 0.3) is 5.91 Å². The molecule has 1 aromatic rings. The van der Waals surface area contributed by atoms with E-state index >= 15 is 0 Å². The van der Waals surface area contributed by atoms with Crippen molar-refractivity contribution in [1.82, 2.24) is 10.4 Å². The van der Waals surface area contributed by atoms with Crippen LogP contribution in [0.3, 0.4) is 0 Å². The standard InChI is InChI=1S/C19H31N3O3.C3H6/c1-7-8-10-14(2)13-22(19(4,5)25-20)21-18(23)16-11-9-12-17(24-6)15(16)3;1-3-2/h8-12,14H,7,13,20H2,1-6H3,(H,21,23);3H,1H2,2H3/b10-8-;. The van der Waals surface area contributed by atoms with Gasteiger partial charge < -0.3 is 4.74 Å². The highest BCUT2D eigenvalue weighted by Gasteiger charge is 2.30. The van der Waals surface area contributed by atoms with Gasteiger partial charge in [-0.3, -0.25) is 15.1 Å². The largest absolute Gasteiger partial charge is 0.496 e. The number of benzene rings is 1. The summed E-state index contributed by atoms with van der Waals surface area (Å²) in [6.07, 6.45) is 6.94. The van der Waals surface area contributed by atoms with Crippen molar-refractivity contribution in [1.29, 1.82) is 0 Å². The summed E-state index contributed by atoms with van der Waals surface area (Å²) >= 11 is 0. The van der Waals surface area contributed by atoms with Crippen molar-refractivity contribution in [2.45, 2.75) is 53.7 Å². The zero-order chi connectivity index (χ0) is 21.7. The molecule has 0 fully saturated rings. The predicted octanol–water partition coefficient (Wildman–Crippen LogP) is 4.37. The van der Waals surface area contributed by atoms with E-state index in [9.17, 15) is 4.79 Å². The number of hydrogen-bond acceptors (Lipinski definition) is 5. The molecule has 3 N–H and O–H groups in total. The Morgan fingerprint density at radius 1 is 1.43 bits per heavy atom.